The summed E-state index contributed by atoms with van der Waals surface area (Å²) in [4.78, 5) is 12.4. The first-order chi connectivity index (χ1) is 15.6. The SMILES string of the molecule is CCCCCCCCOc1ccc(-c2ccc(C(=O)O[C@@H](C)CCCCCC)cc2)cc1. The summed E-state index contributed by atoms with van der Waals surface area (Å²) >= 11 is 0. The lowest BCUT2D eigenvalue weighted by molar-refractivity contribution is 0.0319. The minimum absolute atomic E-state index is 0.0390. The maximum Gasteiger partial charge on any atom is 0.338 e. The first-order valence-corrected chi connectivity index (χ1v) is 12.7. The third-order valence-corrected chi connectivity index (χ3v) is 5.85. The lowest BCUT2D eigenvalue weighted by Crippen LogP contribution is -2.15. The minimum atomic E-state index is -0.238. The van der Waals surface area contributed by atoms with Gasteiger partial charge in [0.1, 0.15) is 5.75 Å². The topological polar surface area (TPSA) is 35.5 Å². The number of ether oxygens (including phenoxy) is 2. The third-order valence-electron chi connectivity index (χ3n) is 5.85. The van der Waals surface area contributed by atoms with E-state index in [1.807, 2.05) is 43.3 Å². The van der Waals surface area contributed by atoms with Crippen molar-refractivity contribution in [2.75, 3.05) is 6.61 Å². The Balaban J connectivity index is 1.76. The molecule has 3 heteroatoms. The van der Waals surface area contributed by atoms with E-state index in [-0.39, 0.29) is 12.1 Å². The highest BCUT2D eigenvalue weighted by Crippen LogP contribution is 2.23. The molecule has 0 aliphatic carbocycles. The largest absolute Gasteiger partial charge is 0.494 e. The van der Waals surface area contributed by atoms with Crippen LogP contribution in [0.25, 0.3) is 11.1 Å². The van der Waals surface area contributed by atoms with Gasteiger partial charge in [-0.3, -0.25) is 0 Å². The van der Waals surface area contributed by atoms with Gasteiger partial charge >= 0.3 is 5.97 Å². The van der Waals surface area contributed by atoms with Crippen LogP contribution in [0.15, 0.2) is 48.5 Å². The van der Waals surface area contributed by atoms with Gasteiger partial charge in [0.2, 0.25) is 0 Å². The number of hydrogen-bond donors (Lipinski definition) is 0. The summed E-state index contributed by atoms with van der Waals surface area (Å²) in [6.07, 6.45) is 13.3. The predicted octanol–water partition coefficient (Wildman–Crippen LogP) is 8.61. The molecule has 0 saturated heterocycles. The molecule has 0 radical (unpaired) electrons. The Kier molecular flexibility index (Phi) is 12.6. The van der Waals surface area contributed by atoms with Crippen LogP contribution in [0.3, 0.4) is 0 Å². The quantitative estimate of drug-likeness (QED) is 0.194. The van der Waals surface area contributed by atoms with Crippen LogP contribution < -0.4 is 4.74 Å². The molecule has 0 aromatic heterocycles. The molecular formula is C29H42O3. The van der Waals surface area contributed by atoms with Crippen LogP contribution in [0.2, 0.25) is 0 Å². The van der Waals surface area contributed by atoms with Crippen molar-refractivity contribution in [1.29, 1.82) is 0 Å². The Morgan fingerprint density at radius 1 is 0.719 bits per heavy atom. The average molecular weight is 439 g/mol. The molecule has 0 amide bonds. The zero-order valence-electron chi connectivity index (χ0n) is 20.4. The summed E-state index contributed by atoms with van der Waals surface area (Å²) in [6.45, 7) is 7.20. The highest BCUT2D eigenvalue weighted by molar-refractivity contribution is 5.90. The molecule has 1 atom stereocenters. The van der Waals surface area contributed by atoms with Crippen LogP contribution in [0.4, 0.5) is 0 Å². The minimum Gasteiger partial charge on any atom is -0.494 e. The number of hydrogen-bond acceptors (Lipinski definition) is 3. The number of carbonyl (C=O) groups is 1. The molecule has 0 aliphatic rings. The van der Waals surface area contributed by atoms with Crippen molar-refractivity contribution in [2.45, 2.75) is 97.5 Å². The van der Waals surface area contributed by atoms with Gasteiger partial charge in [-0.2, -0.15) is 0 Å². The normalized spacial score (nSPS) is 11.8. The molecule has 2 rings (SSSR count). The Bertz CT molecular complexity index is 749. The fourth-order valence-electron chi connectivity index (χ4n) is 3.78. The van der Waals surface area contributed by atoms with Crippen molar-refractivity contribution in [2.24, 2.45) is 0 Å². The van der Waals surface area contributed by atoms with Crippen LogP contribution in [0.5, 0.6) is 5.75 Å². The molecule has 0 heterocycles. The van der Waals surface area contributed by atoms with Gasteiger partial charge in [-0.05, 0) is 61.6 Å². The van der Waals surface area contributed by atoms with Gasteiger partial charge in [0, 0.05) is 0 Å². The van der Waals surface area contributed by atoms with E-state index in [0.29, 0.717) is 5.56 Å². The summed E-state index contributed by atoms with van der Waals surface area (Å²) in [7, 11) is 0. The Morgan fingerprint density at radius 3 is 1.88 bits per heavy atom. The van der Waals surface area contributed by atoms with Gasteiger partial charge < -0.3 is 9.47 Å². The molecule has 0 spiro atoms. The lowest BCUT2D eigenvalue weighted by atomic mass is 10.0. The fraction of sp³-hybridized carbons (Fsp3) is 0.552. The number of benzene rings is 2. The first-order valence-electron chi connectivity index (χ1n) is 12.7. The van der Waals surface area contributed by atoms with E-state index in [2.05, 4.69) is 26.0 Å². The molecular weight excluding hydrogens is 396 g/mol. The van der Waals surface area contributed by atoms with E-state index in [0.717, 1.165) is 42.7 Å². The maximum atomic E-state index is 12.4. The van der Waals surface area contributed by atoms with Crippen LogP contribution in [0, 0.1) is 0 Å². The van der Waals surface area contributed by atoms with Gasteiger partial charge in [-0.25, -0.2) is 4.79 Å². The van der Waals surface area contributed by atoms with Crippen LogP contribution in [-0.2, 0) is 4.74 Å². The van der Waals surface area contributed by atoms with Gasteiger partial charge in [0.05, 0.1) is 18.3 Å². The molecule has 0 saturated carbocycles. The molecule has 0 aliphatic heterocycles. The van der Waals surface area contributed by atoms with Crippen molar-refractivity contribution < 1.29 is 14.3 Å². The van der Waals surface area contributed by atoms with Gasteiger partial charge in [-0.15, -0.1) is 0 Å². The number of carbonyl (C=O) groups excluding carboxylic acids is 1. The van der Waals surface area contributed by atoms with Crippen molar-refractivity contribution in [3.8, 4) is 16.9 Å². The van der Waals surface area contributed by atoms with E-state index in [1.165, 1.54) is 51.4 Å². The van der Waals surface area contributed by atoms with Crippen molar-refractivity contribution in [1.82, 2.24) is 0 Å². The number of esters is 1. The summed E-state index contributed by atoms with van der Waals surface area (Å²) in [5, 5.41) is 0. The molecule has 2 aromatic carbocycles. The number of rotatable bonds is 16. The third kappa shape index (κ3) is 9.89. The van der Waals surface area contributed by atoms with E-state index in [1.54, 1.807) is 0 Å². The smallest absolute Gasteiger partial charge is 0.338 e. The highest BCUT2D eigenvalue weighted by atomic mass is 16.5. The van der Waals surface area contributed by atoms with E-state index in [9.17, 15) is 4.79 Å². The zero-order valence-corrected chi connectivity index (χ0v) is 20.4. The van der Waals surface area contributed by atoms with Crippen molar-refractivity contribution >= 4 is 5.97 Å². The van der Waals surface area contributed by atoms with Gasteiger partial charge in [0.15, 0.2) is 0 Å². The van der Waals surface area contributed by atoms with E-state index in [4.69, 9.17) is 9.47 Å². The van der Waals surface area contributed by atoms with Crippen LogP contribution in [0.1, 0.15) is 102 Å². The predicted molar refractivity (Wildman–Crippen MR) is 134 cm³/mol. The average Bonchev–Trinajstić information content (AvgIpc) is 2.82. The Morgan fingerprint density at radius 2 is 1.25 bits per heavy atom. The van der Waals surface area contributed by atoms with Gasteiger partial charge in [-0.1, -0.05) is 89.5 Å². The molecule has 0 unspecified atom stereocenters. The number of unbranched alkanes of at least 4 members (excludes halogenated alkanes) is 8. The fourth-order valence-corrected chi connectivity index (χ4v) is 3.78. The first kappa shape index (κ1) is 26.0. The molecule has 32 heavy (non-hydrogen) atoms. The monoisotopic (exact) mass is 438 g/mol. The second-order valence-electron chi connectivity index (χ2n) is 8.78. The highest BCUT2D eigenvalue weighted by Gasteiger charge is 2.12. The molecule has 3 nitrogen and oxygen atoms in total. The Labute approximate surface area is 195 Å². The molecule has 0 N–H and O–H groups in total. The second kappa shape index (κ2) is 15.5. The van der Waals surface area contributed by atoms with Gasteiger partial charge in [0.25, 0.3) is 0 Å². The molecule has 176 valence electrons. The Hall–Kier alpha value is -2.29. The van der Waals surface area contributed by atoms with E-state index < -0.39 is 0 Å². The van der Waals surface area contributed by atoms with E-state index >= 15 is 0 Å². The zero-order chi connectivity index (χ0) is 23.0. The standard InChI is InChI=1S/C29H42O3/c1-4-6-8-10-11-13-23-31-28-21-19-26(20-22-28)25-15-17-27(18-16-25)29(30)32-24(3)14-12-9-7-5-2/h15-22,24H,4-14,23H2,1-3H3/t24-/m0/s1. The second-order valence-corrected chi connectivity index (χ2v) is 8.78. The lowest BCUT2D eigenvalue weighted by Gasteiger charge is -2.13. The summed E-state index contributed by atoms with van der Waals surface area (Å²) in [6, 6.07) is 15.9. The summed E-state index contributed by atoms with van der Waals surface area (Å²) in [5.74, 6) is 0.674. The van der Waals surface area contributed by atoms with Crippen LogP contribution in [-0.4, -0.2) is 18.7 Å². The molecule has 2 aromatic rings. The summed E-state index contributed by atoms with van der Waals surface area (Å²) < 4.78 is 11.5. The van der Waals surface area contributed by atoms with Crippen LogP contribution >= 0.6 is 0 Å². The summed E-state index contributed by atoms with van der Waals surface area (Å²) in [5.41, 5.74) is 2.80. The molecule has 0 bridgehead atoms. The van der Waals surface area contributed by atoms with Crippen molar-refractivity contribution in [3.05, 3.63) is 54.1 Å². The molecule has 0 fully saturated rings. The maximum absolute atomic E-state index is 12.4. The van der Waals surface area contributed by atoms with Crippen molar-refractivity contribution in [3.63, 3.8) is 0 Å².